The van der Waals surface area contributed by atoms with Crippen LogP contribution in [0.2, 0.25) is 0 Å². The number of carbonyl (C=O) groups excluding carboxylic acids is 7. The number of phenols is 2. The van der Waals surface area contributed by atoms with Crippen LogP contribution in [0.1, 0.15) is 56.6 Å². The molecule has 354 valence electrons. The van der Waals surface area contributed by atoms with Crippen LogP contribution in [0.25, 0.3) is 0 Å². The van der Waals surface area contributed by atoms with E-state index >= 15 is 0 Å². The zero-order chi connectivity index (χ0) is 48.4. The van der Waals surface area contributed by atoms with Gasteiger partial charge in [-0.2, -0.15) is 0 Å². The summed E-state index contributed by atoms with van der Waals surface area (Å²) < 4.78 is 0. The van der Waals surface area contributed by atoms with E-state index in [-0.39, 0.29) is 37.3 Å². The van der Waals surface area contributed by atoms with Crippen molar-refractivity contribution in [3.8, 4) is 11.5 Å². The number of nitrogens with two attached hydrogens (primary N) is 1. The van der Waals surface area contributed by atoms with Gasteiger partial charge >= 0.3 is 17.9 Å². The largest absolute Gasteiger partial charge is 0.508 e. The predicted molar refractivity (Wildman–Crippen MR) is 223 cm³/mol. The second-order valence-corrected chi connectivity index (χ2v) is 15.2. The first-order valence-corrected chi connectivity index (χ1v) is 20.4. The van der Waals surface area contributed by atoms with Crippen molar-refractivity contribution in [2.24, 2.45) is 5.73 Å². The number of aliphatic hydroxyl groups is 1. The molecule has 3 rings (SSSR count). The number of phenolic OH excluding ortho intramolecular Hbond substituents is 2. The lowest BCUT2D eigenvalue weighted by Crippen LogP contribution is -2.59. The molecule has 2 aromatic carbocycles. The fourth-order valence-corrected chi connectivity index (χ4v) is 6.55. The van der Waals surface area contributed by atoms with Crippen molar-refractivity contribution in [3.63, 3.8) is 0 Å². The number of carbonyl (C=O) groups is 10. The molecular formula is C41H54N8O16. The molecule has 1 saturated heterocycles. The molecule has 7 amide bonds. The van der Waals surface area contributed by atoms with Gasteiger partial charge < -0.3 is 73.2 Å². The quantitative estimate of drug-likeness (QED) is 0.0461. The number of carboxylic acids is 3. The number of hydrogen-bond acceptors (Lipinski definition) is 14. The van der Waals surface area contributed by atoms with Crippen molar-refractivity contribution in [2.75, 3.05) is 19.7 Å². The maximum atomic E-state index is 14.0. The summed E-state index contributed by atoms with van der Waals surface area (Å²) in [6, 6.07) is 0.955. The van der Waals surface area contributed by atoms with Gasteiger partial charge in [-0.25, -0.2) is 4.79 Å². The van der Waals surface area contributed by atoms with Crippen molar-refractivity contribution in [3.05, 3.63) is 59.7 Å². The fraction of sp³-hybridized carbons (Fsp3) is 0.463. The first-order chi connectivity index (χ1) is 30.7. The number of nitrogens with zero attached hydrogens (tertiary/aromatic N) is 1. The van der Waals surface area contributed by atoms with Gasteiger partial charge in [0, 0.05) is 32.2 Å². The van der Waals surface area contributed by atoms with Gasteiger partial charge in [0.2, 0.25) is 41.4 Å². The Morgan fingerprint density at radius 2 is 1.12 bits per heavy atom. The van der Waals surface area contributed by atoms with Gasteiger partial charge in [-0.15, -0.1) is 0 Å². The van der Waals surface area contributed by atoms with Gasteiger partial charge in [0.05, 0.1) is 13.2 Å². The van der Waals surface area contributed by atoms with Crippen LogP contribution in [0.15, 0.2) is 48.5 Å². The molecule has 0 bridgehead atoms. The topological polar surface area (TPSA) is 394 Å². The van der Waals surface area contributed by atoms with Crippen LogP contribution in [0.5, 0.6) is 11.5 Å². The molecule has 0 spiro atoms. The number of rotatable bonds is 25. The third-order valence-electron chi connectivity index (χ3n) is 10.1. The number of aliphatic hydroxyl groups excluding tert-OH is 1. The van der Waals surface area contributed by atoms with Crippen LogP contribution in [0.4, 0.5) is 0 Å². The van der Waals surface area contributed by atoms with E-state index in [1.165, 1.54) is 55.5 Å². The van der Waals surface area contributed by atoms with E-state index in [1.807, 2.05) is 0 Å². The van der Waals surface area contributed by atoms with Crippen molar-refractivity contribution in [2.45, 2.75) is 101 Å². The maximum Gasteiger partial charge on any atom is 0.326 e. The lowest BCUT2D eigenvalue weighted by Gasteiger charge is -2.29. The Morgan fingerprint density at radius 1 is 0.646 bits per heavy atom. The summed E-state index contributed by atoms with van der Waals surface area (Å²) in [5.41, 5.74) is 6.26. The van der Waals surface area contributed by atoms with Crippen molar-refractivity contribution in [1.29, 1.82) is 0 Å². The molecule has 1 heterocycles. The number of carboxylic acid groups (broad SMARTS) is 3. The second kappa shape index (κ2) is 25.1. The average Bonchev–Trinajstić information content (AvgIpc) is 3.76. The molecule has 0 unspecified atom stereocenters. The molecule has 0 saturated carbocycles. The van der Waals surface area contributed by atoms with E-state index in [0.717, 1.165) is 4.90 Å². The third kappa shape index (κ3) is 17.0. The summed E-state index contributed by atoms with van der Waals surface area (Å²) in [6.45, 7) is -0.291. The van der Waals surface area contributed by atoms with Gasteiger partial charge in [-0.05, 0) is 68.0 Å². The van der Waals surface area contributed by atoms with Gasteiger partial charge in [0.15, 0.2) is 0 Å². The Morgan fingerprint density at radius 3 is 1.63 bits per heavy atom. The molecule has 24 heteroatoms. The normalized spacial score (nSPS) is 16.0. The Kier molecular flexibility index (Phi) is 20.1. The van der Waals surface area contributed by atoms with E-state index in [2.05, 4.69) is 31.9 Å². The number of likely N-dealkylation sites (tertiary alicyclic amines) is 1. The predicted octanol–water partition coefficient (Wildman–Crippen LogP) is -3.43. The summed E-state index contributed by atoms with van der Waals surface area (Å²) in [4.78, 5) is 129. The third-order valence-corrected chi connectivity index (χ3v) is 10.1. The van der Waals surface area contributed by atoms with Gasteiger partial charge in [-0.3, -0.25) is 43.2 Å². The van der Waals surface area contributed by atoms with E-state index in [1.54, 1.807) is 0 Å². The van der Waals surface area contributed by atoms with E-state index < -0.39 is 140 Å². The van der Waals surface area contributed by atoms with Crippen LogP contribution in [-0.4, -0.2) is 157 Å². The Balaban J connectivity index is 1.84. The molecule has 7 atom stereocenters. The SMILES string of the molecule is C[C@H](NC(=O)[C@@H](N)CO)C(=O)N[C@@H](CCC(=O)O)C(=O)NCC(=O)N[C@@H](Cc1ccc(O)cc1)C(=O)N[C@@H](CCC(=O)O)C(=O)N[C@@H](Cc1ccc(O)cc1)C(=O)N1CCC[C@H]1C(=O)O. The highest BCUT2D eigenvalue weighted by Crippen LogP contribution is 2.21. The Bertz CT molecular complexity index is 2050. The van der Waals surface area contributed by atoms with Crippen molar-refractivity contribution >= 4 is 59.3 Å². The van der Waals surface area contributed by atoms with Crippen molar-refractivity contribution < 1.29 is 78.6 Å². The summed E-state index contributed by atoms with van der Waals surface area (Å²) in [6.07, 6.45) is -2.24. The molecule has 1 aliphatic heterocycles. The minimum atomic E-state index is -1.66. The molecule has 0 aliphatic carbocycles. The van der Waals surface area contributed by atoms with Crippen LogP contribution < -0.4 is 37.6 Å². The van der Waals surface area contributed by atoms with Gasteiger partial charge in [0.1, 0.15) is 53.8 Å². The molecule has 1 aliphatic rings. The minimum Gasteiger partial charge on any atom is -0.508 e. The highest BCUT2D eigenvalue weighted by Gasteiger charge is 2.39. The Hall–Kier alpha value is -7.34. The highest BCUT2D eigenvalue weighted by molar-refractivity contribution is 5.97. The number of aromatic hydroxyl groups is 2. The average molecular weight is 915 g/mol. The molecule has 2 aromatic rings. The van der Waals surface area contributed by atoms with E-state index in [9.17, 15) is 73.5 Å². The highest BCUT2D eigenvalue weighted by atomic mass is 16.4. The fourth-order valence-electron chi connectivity index (χ4n) is 6.55. The summed E-state index contributed by atoms with van der Waals surface area (Å²) >= 11 is 0. The summed E-state index contributed by atoms with van der Waals surface area (Å²) in [5.74, 6) is -10.9. The van der Waals surface area contributed by atoms with Crippen LogP contribution in [0.3, 0.4) is 0 Å². The second-order valence-electron chi connectivity index (χ2n) is 15.2. The monoisotopic (exact) mass is 914 g/mol. The zero-order valence-electron chi connectivity index (χ0n) is 35.2. The van der Waals surface area contributed by atoms with E-state index in [0.29, 0.717) is 17.5 Å². The lowest BCUT2D eigenvalue weighted by molar-refractivity contribution is -0.149. The Labute approximate surface area is 371 Å². The number of amides is 7. The van der Waals surface area contributed by atoms with Crippen molar-refractivity contribution in [1.82, 2.24) is 36.8 Å². The first-order valence-electron chi connectivity index (χ1n) is 20.4. The maximum absolute atomic E-state index is 14.0. The first kappa shape index (κ1) is 52.0. The minimum absolute atomic E-state index is 0.0637. The smallest absolute Gasteiger partial charge is 0.326 e. The molecular weight excluding hydrogens is 860 g/mol. The molecule has 14 N–H and O–H groups in total. The lowest BCUT2D eigenvalue weighted by atomic mass is 10.0. The summed E-state index contributed by atoms with van der Waals surface area (Å²) in [5, 5.41) is 71.2. The number of nitrogens with one attached hydrogen (secondary N) is 6. The van der Waals surface area contributed by atoms with Crippen LogP contribution in [-0.2, 0) is 60.8 Å². The zero-order valence-corrected chi connectivity index (χ0v) is 35.2. The molecule has 0 aromatic heterocycles. The molecule has 24 nitrogen and oxygen atoms in total. The van der Waals surface area contributed by atoms with Gasteiger partial charge in [0.25, 0.3) is 0 Å². The standard InChI is InChI=1S/C41H54N8O16/c1-21(44-36(59)26(42)20-50)35(58)46-27(12-14-33(54)55)37(60)43-19-32(53)45-29(17-22-4-8-24(51)9-5-22)39(62)47-28(13-15-34(56)57)38(61)48-30(18-23-6-10-25(52)11-7-23)40(63)49-16-2-3-31(49)41(64)65/h4-11,21,26-31,50-52H,2-3,12-20,42H2,1H3,(H,43,60)(H,44,59)(H,45,53)(H,46,58)(H,47,62)(H,48,61)(H,54,55)(H,56,57)(H,64,65)/t21-,26-,27-,28-,29-,30-,31-/m0/s1. The molecule has 65 heavy (non-hydrogen) atoms. The number of aliphatic carboxylic acids is 3. The molecule has 1 fully saturated rings. The van der Waals surface area contributed by atoms with Crippen LogP contribution in [0, 0.1) is 0 Å². The van der Waals surface area contributed by atoms with E-state index in [4.69, 9.17) is 10.8 Å². The summed E-state index contributed by atoms with van der Waals surface area (Å²) in [7, 11) is 0. The number of benzene rings is 2. The van der Waals surface area contributed by atoms with Crippen LogP contribution >= 0.6 is 0 Å². The van der Waals surface area contributed by atoms with Gasteiger partial charge in [-0.1, -0.05) is 24.3 Å². The number of hydrogen-bond donors (Lipinski definition) is 13. The molecule has 0 radical (unpaired) electrons.